The van der Waals surface area contributed by atoms with Gasteiger partial charge in [-0.1, -0.05) is 25.1 Å². The van der Waals surface area contributed by atoms with Crippen LogP contribution < -0.4 is 15.6 Å². The fourth-order valence-electron chi connectivity index (χ4n) is 4.51. The highest BCUT2D eigenvalue weighted by Gasteiger charge is 2.52. The van der Waals surface area contributed by atoms with Crippen LogP contribution in [0.1, 0.15) is 54.2 Å². The molecule has 1 fully saturated rings. The second-order valence-electron chi connectivity index (χ2n) is 9.44. The Morgan fingerprint density at radius 2 is 1.83 bits per heavy atom. The van der Waals surface area contributed by atoms with Crippen molar-refractivity contribution in [3.8, 4) is 0 Å². The maximum Gasteiger partial charge on any atom is 0.394 e. The van der Waals surface area contributed by atoms with Crippen LogP contribution in [0.2, 0.25) is 0 Å². The number of aromatic carboxylic acids is 1. The van der Waals surface area contributed by atoms with E-state index in [1.54, 1.807) is 29.2 Å². The highest BCUT2D eigenvalue weighted by Crippen LogP contribution is 2.46. The quantitative estimate of drug-likeness (QED) is 0.449. The highest BCUT2D eigenvalue weighted by molar-refractivity contribution is 5.94. The number of rotatable bonds is 5. The van der Waals surface area contributed by atoms with E-state index in [2.05, 4.69) is 5.32 Å². The summed E-state index contributed by atoms with van der Waals surface area (Å²) in [4.78, 5) is 26.3. The van der Waals surface area contributed by atoms with E-state index in [0.29, 0.717) is 22.2 Å². The van der Waals surface area contributed by atoms with Crippen LogP contribution in [0, 0.1) is 12.3 Å². The molecule has 0 aliphatic carbocycles. The summed E-state index contributed by atoms with van der Waals surface area (Å²) < 4.78 is 46.4. The van der Waals surface area contributed by atoms with Gasteiger partial charge in [-0.05, 0) is 50.5 Å². The van der Waals surface area contributed by atoms with E-state index in [9.17, 15) is 27.9 Å². The largest absolute Gasteiger partial charge is 0.478 e. The number of alkyl halides is 3. The van der Waals surface area contributed by atoms with E-state index < -0.39 is 23.6 Å². The molecule has 0 amide bonds. The number of carboxylic acid groups (broad SMARTS) is 1. The Kier molecular flexibility index (Phi) is 6.29. The summed E-state index contributed by atoms with van der Waals surface area (Å²) in [6.07, 6.45) is -4.48. The summed E-state index contributed by atoms with van der Waals surface area (Å²) in [6, 6.07) is 11.0. The zero-order valence-corrected chi connectivity index (χ0v) is 19.7. The summed E-state index contributed by atoms with van der Waals surface area (Å²) in [7, 11) is 0. The fraction of sp³-hybridized carbons (Fsp3) is 0.385. The normalized spacial score (nSPS) is 16.8. The maximum atomic E-state index is 13.4. The number of halogens is 3. The number of para-hydroxylation sites is 1. The number of hydrogen-bond donors (Lipinski definition) is 2. The lowest BCUT2D eigenvalue weighted by Gasteiger charge is -2.40. The molecule has 1 unspecified atom stereocenters. The number of nitrogens with one attached hydrogen (secondary N) is 1. The van der Waals surface area contributed by atoms with Gasteiger partial charge >= 0.3 is 12.1 Å². The number of fused-ring (bicyclic) bond motifs is 1. The average molecular weight is 489 g/mol. The minimum atomic E-state index is -4.29. The predicted molar refractivity (Wildman–Crippen MR) is 128 cm³/mol. The molecule has 9 heteroatoms. The van der Waals surface area contributed by atoms with Gasteiger partial charge in [0.15, 0.2) is 11.3 Å². The first-order valence-electron chi connectivity index (χ1n) is 11.4. The van der Waals surface area contributed by atoms with E-state index in [0.717, 1.165) is 5.56 Å². The minimum absolute atomic E-state index is 0.0943. The van der Waals surface area contributed by atoms with Crippen LogP contribution in [0.4, 0.5) is 24.7 Å². The van der Waals surface area contributed by atoms with E-state index >= 15 is 0 Å². The molecule has 1 aliphatic rings. The molecule has 1 aromatic heterocycles. The van der Waals surface area contributed by atoms with E-state index in [1.807, 2.05) is 19.9 Å². The number of carboxylic acids is 1. The topological polar surface area (TPSA) is 82.8 Å². The van der Waals surface area contributed by atoms with Gasteiger partial charge in [-0.3, -0.25) is 4.79 Å². The van der Waals surface area contributed by atoms with Gasteiger partial charge in [-0.2, -0.15) is 13.2 Å². The Morgan fingerprint density at radius 3 is 2.46 bits per heavy atom. The molecule has 6 nitrogen and oxygen atoms in total. The van der Waals surface area contributed by atoms with Gasteiger partial charge in [0, 0.05) is 30.4 Å². The summed E-state index contributed by atoms with van der Waals surface area (Å²) >= 11 is 0. The average Bonchev–Trinajstić information content (AvgIpc) is 2.79. The van der Waals surface area contributed by atoms with Gasteiger partial charge in [0.1, 0.15) is 5.58 Å². The third-order valence-electron chi connectivity index (χ3n) is 6.85. The molecule has 0 bridgehead atoms. The lowest BCUT2D eigenvalue weighted by atomic mass is 9.80. The monoisotopic (exact) mass is 488 g/mol. The standard InChI is InChI=1S/C26H27F3N2O4/c1-15-12-18(16(2)30-20-7-5-4-6-17(20)24(33)34)23-19(13-15)21(32)14-22(35-23)31-10-8-25(3,9-11-31)26(27,28)29/h4-7,12-14,16,30H,8-11H2,1-3H3,(H,33,34). The smallest absolute Gasteiger partial charge is 0.394 e. The number of benzene rings is 2. The summed E-state index contributed by atoms with van der Waals surface area (Å²) in [5, 5.41) is 13.0. The molecule has 1 saturated heterocycles. The molecule has 2 aromatic carbocycles. The number of carbonyl (C=O) groups is 1. The van der Waals surface area contributed by atoms with Crippen LogP contribution in [-0.4, -0.2) is 30.3 Å². The lowest BCUT2D eigenvalue weighted by Crippen LogP contribution is -2.46. The fourth-order valence-corrected chi connectivity index (χ4v) is 4.51. The molecular formula is C26H27F3N2O4. The zero-order valence-electron chi connectivity index (χ0n) is 19.7. The van der Waals surface area contributed by atoms with Gasteiger partial charge < -0.3 is 19.7 Å². The minimum Gasteiger partial charge on any atom is -0.478 e. The Hall–Kier alpha value is -3.49. The Bertz CT molecular complexity index is 1320. The molecule has 35 heavy (non-hydrogen) atoms. The zero-order chi connectivity index (χ0) is 25.5. The maximum absolute atomic E-state index is 13.4. The number of nitrogens with zero attached hydrogens (tertiary/aromatic N) is 1. The SMILES string of the molecule is Cc1cc(C(C)Nc2ccccc2C(=O)O)c2oc(N3CCC(C)(C(F)(F)F)CC3)cc(=O)c2c1. The van der Waals surface area contributed by atoms with Crippen molar-refractivity contribution in [3.05, 3.63) is 69.4 Å². The Labute approximate surface area is 200 Å². The molecule has 0 spiro atoms. The molecular weight excluding hydrogens is 461 g/mol. The van der Waals surface area contributed by atoms with Gasteiger partial charge in [0.25, 0.3) is 0 Å². The Balaban J connectivity index is 1.71. The van der Waals surface area contributed by atoms with E-state index in [-0.39, 0.29) is 42.8 Å². The van der Waals surface area contributed by atoms with Crippen molar-refractivity contribution in [1.29, 1.82) is 0 Å². The number of hydrogen-bond acceptors (Lipinski definition) is 5. The van der Waals surface area contributed by atoms with E-state index in [4.69, 9.17) is 4.42 Å². The summed E-state index contributed by atoms with van der Waals surface area (Å²) in [6.45, 7) is 5.13. The first kappa shape index (κ1) is 24.6. The summed E-state index contributed by atoms with van der Waals surface area (Å²) in [5.74, 6) is -0.839. The molecule has 186 valence electrons. The van der Waals surface area contributed by atoms with Gasteiger partial charge in [0.2, 0.25) is 0 Å². The number of piperidine rings is 1. The van der Waals surface area contributed by atoms with Crippen molar-refractivity contribution >= 4 is 28.5 Å². The lowest BCUT2D eigenvalue weighted by molar-refractivity contribution is -0.224. The molecule has 2 heterocycles. The molecule has 1 atom stereocenters. The van der Waals surface area contributed by atoms with Crippen molar-refractivity contribution in [1.82, 2.24) is 0 Å². The van der Waals surface area contributed by atoms with E-state index in [1.165, 1.54) is 19.1 Å². The second-order valence-corrected chi connectivity index (χ2v) is 9.44. The molecule has 3 aromatic rings. The first-order chi connectivity index (χ1) is 16.4. The molecule has 1 aliphatic heterocycles. The van der Waals surface area contributed by atoms with Gasteiger partial charge in [0.05, 0.1) is 22.4 Å². The number of anilines is 2. The molecule has 0 saturated carbocycles. The van der Waals surface area contributed by atoms with Crippen LogP contribution in [-0.2, 0) is 0 Å². The molecule has 2 N–H and O–H groups in total. The van der Waals surface area contributed by atoms with Gasteiger partial charge in [-0.25, -0.2) is 4.79 Å². The van der Waals surface area contributed by atoms with Crippen LogP contribution in [0.25, 0.3) is 11.0 Å². The summed E-state index contributed by atoms with van der Waals surface area (Å²) in [5.41, 5.74) is 0.285. The first-order valence-corrected chi connectivity index (χ1v) is 11.4. The van der Waals surface area contributed by atoms with Crippen molar-refractivity contribution < 1.29 is 27.5 Å². The third-order valence-corrected chi connectivity index (χ3v) is 6.85. The Morgan fingerprint density at radius 1 is 1.17 bits per heavy atom. The van der Waals surface area contributed by atoms with Gasteiger partial charge in [-0.15, -0.1) is 0 Å². The van der Waals surface area contributed by atoms with Crippen LogP contribution in [0.3, 0.4) is 0 Å². The van der Waals surface area contributed by atoms with Crippen molar-refractivity contribution in [2.24, 2.45) is 5.41 Å². The molecule has 0 radical (unpaired) electrons. The van der Waals surface area contributed by atoms with Crippen molar-refractivity contribution in [2.75, 3.05) is 23.3 Å². The van der Waals surface area contributed by atoms with Crippen LogP contribution in [0.5, 0.6) is 0 Å². The number of aryl methyl sites for hydroxylation is 1. The highest BCUT2D eigenvalue weighted by atomic mass is 19.4. The predicted octanol–water partition coefficient (Wildman–Crippen LogP) is 6.14. The van der Waals surface area contributed by atoms with Crippen LogP contribution in [0.15, 0.2) is 51.7 Å². The van der Waals surface area contributed by atoms with Crippen molar-refractivity contribution in [3.63, 3.8) is 0 Å². The van der Waals surface area contributed by atoms with Crippen LogP contribution >= 0.6 is 0 Å². The second kappa shape index (κ2) is 8.94. The molecule has 4 rings (SSSR count). The van der Waals surface area contributed by atoms with Crippen molar-refractivity contribution in [2.45, 2.75) is 45.8 Å². The third kappa shape index (κ3) is 4.72.